The lowest BCUT2D eigenvalue weighted by molar-refractivity contribution is -0.121. The highest BCUT2D eigenvalue weighted by atomic mass is 32.2. The van der Waals surface area contributed by atoms with Crippen LogP contribution in [0.15, 0.2) is 39.9 Å². The topological polar surface area (TPSA) is 88.7 Å². The molecule has 1 fully saturated rings. The third-order valence-electron chi connectivity index (χ3n) is 3.93. The molecule has 1 aliphatic heterocycles. The molecule has 1 aromatic carbocycles. The second-order valence-corrected chi connectivity index (χ2v) is 8.08. The van der Waals surface area contributed by atoms with Gasteiger partial charge in [-0.25, -0.2) is 13.8 Å². The second kappa shape index (κ2) is 6.16. The molecule has 0 unspecified atom stereocenters. The van der Waals surface area contributed by atoms with Gasteiger partial charge in [0.2, 0.25) is 5.91 Å². The average Bonchev–Trinajstić information content (AvgIpc) is 3.07. The molecule has 1 amide bonds. The number of hydrogen-bond donors (Lipinski definition) is 1. The van der Waals surface area contributed by atoms with E-state index in [0.717, 1.165) is 11.0 Å². The lowest BCUT2D eigenvalue weighted by Crippen LogP contribution is -2.22. The summed E-state index contributed by atoms with van der Waals surface area (Å²) in [4.78, 5) is 11.9. The largest absolute Gasteiger partial charge is 0.455 e. The van der Waals surface area contributed by atoms with Crippen molar-refractivity contribution in [2.24, 2.45) is 11.0 Å². The van der Waals surface area contributed by atoms with Gasteiger partial charge in [0.1, 0.15) is 11.3 Å². The molecule has 0 bridgehead atoms. The van der Waals surface area contributed by atoms with E-state index < -0.39 is 9.84 Å². The van der Waals surface area contributed by atoms with Crippen LogP contribution in [-0.2, 0) is 14.6 Å². The van der Waals surface area contributed by atoms with Crippen molar-refractivity contribution in [3.05, 3.63) is 36.1 Å². The third kappa shape index (κ3) is 3.79. The van der Waals surface area contributed by atoms with E-state index in [1.807, 2.05) is 30.3 Å². The molecule has 2 aromatic rings. The second-order valence-electron chi connectivity index (χ2n) is 5.85. The van der Waals surface area contributed by atoms with Gasteiger partial charge in [0.25, 0.3) is 0 Å². The van der Waals surface area contributed by atoms with Crippen LogP contribution < -0.4 is 5.43 Å². The molecule has 7 heteroatoms. The molecule has 0 saturated carbocycles. The van der Waals surface area contributed by atoms with E-state index in [1.165, 1.54) is 0 Å². The summed E-state index contributed by atoms with van der Waals surface area (Å²) >= 11 is 0. The zero-order valence-corrected chi connectivity index (χ0v) is 13.6. The van der Waals surface area contributed by atoms with Crippen molar-refractivity contribution >= 4 is 32.4 Å². The minimum absolute atomic E-state index is 0.0900. The molecular formula is C16H18N2O4S. The molecule has 122 valence electrons. The lowest BCUT2D eigenvalue weighted by atomic mass is 10.1. The molecule has 3 rings (SSSR count). The van der Waals surface area contributed by atoms with Crippen LogP contribution in [0, 0.1) is 5.92 Å². The molecule has 1 atom stereocenters. The van der Waals surface area contributed by atoms with Gasteiger partial charge in [-0.3, -0.25) is 4.79 Å². The normalized spacial score (nSPS) is 20.7. The number of hydrogen-bond acceptors (Lipinski definition) is 5. The van der Waals surface area contributed by atoms with E-state index in [9.17, 15) is 13.2 Å². The van der Waals surface area contributed by atoms with Gasteiger partial charge in [-0.1, -0.05) is 18.2 Å². The first-order valence-corrected chi connectivity index (χ1v) is 9.27. The number of rotatable bonds is 4. The molecule has 6 nitrogen and oxygen atoms in total. The van der Waals surface area contributed by atoms with Crippen LogP contribution in [0.4, 0.5) is 0 Å². The van der Waals surface area contributed by atoms with E-state index in [2.05, 4.69) is 10.5 Å². The molecule has 0 spiro atoms. The first-order chi connectivity index (χ1) is 10.9. The molecule has 1 aromatic heterocycles. The number of amides is 1. The Bertz CT molecular complexity index is 834. The maximum atomic E-state index is 11.9. The molecule has 0 aliphatic carbocycles. The van der Waals surface area contributed by atoms with Crippen molar-refractivity contribution in [2.75, 3.05) is 11.5 Å². The standard InChI is InChI=1S/C16H18N2O4S/c1-11(15-9-13-4-2-3-5-14(13)22-15)17-18-16(19)8-12-6-7-23(20,21)10-12/h2-5,9,12H,6-8,10H2,1H3,(H,18,19)/b17-11-/t12-/m1/s1. The Balaban J connectivity index is 1.61. The Kier molecular flexibility index (Phi) is 4.21. The van der Waals surface area contributed by atoms with Gasteiger partial charge in [0.15, 0.2) is 15.6 Å². The van der Waals surface area contributed by atoms with Crippen LogP contribution in [-0.4, -0.2) is 31.5 Å². The van der Waals surface area contributed by atoms with Crippen molar-refractivity contribution < 1.29 is 17.6 Å². The Hall–Kier alpha value is -2.15. The fourth-order valence-corrected chi connectivity index (χ4v) is 4.56. The summed E-state index contributed by atoms with van der Waals surface area (Å²) in [5, 5.41) is 5.01. The number of hydrazone groups is 1. The first kappa shape index (κ1) is 15.7. The molecule has 1 aliphatic rings. The van der Waals surface area contributed by atoms with Gasteiger partial charge in [0.05, 0.1) is 11.5 Å². The van der Waals surface area contributed by atoms with E-state index >= 15 is 0 Å². The zero-order valence-electron chi connectivity index (χ0n) is 12.8. The summed E-state index contributed by atoms with van der Waals surface area (Å²) in [6, 6.07) is 9.48. The number of para-hydroxylation sites is 1. The lowest BCUT2D eigenvalue weighted by Gasteiger charge is -2.05. The van der Waals surface area contributed by atoms with Crippen LogP contribution in [0.25, 0.3) is 11.0 Å². The Morgan fingerprint density at radius 1 is 1.39 bits per heavy atom. The number of carbonyl (C=O) groups is 1. The van der Waals surface area contributed by atoms with Crippen LogP contribution in [0.2, 0.25) is 0 Å². The molecular weight excluding hydrogens is 316 g/mol. The van der Waals surface area contributed by atoms with E-state index in [0.29, 0.717) is 17.9 Å². The van der Waals surface area contributed by atoms with Crippen LogP contribution in [0.3, 0.4) is 0 Å². The molecule has 2 heterocycles. The van der Waals surface area contributed by atoms with Crippen molar-refractivity contribution in [1.82, 2.24) is 5.43 Å². The Morgan fingerprint density at radius 3 is 2.87 bits per heavy atom. The fourth-order valence-electron chi connectivity index (χ4n) is 2.70. The Morgan fingerprint density at radius 2 is 2.17 bits per heavy atom. The van der Waals surface area contributed by atoms with Gasteiger partial charge >= 0.3 is 0 Å². The predicted octanol–water partition coefficient (Wildman–Crippen LogP) is 2.10. The quantitative estimate of drug-likeness (QED) is 0.685. The summed E-state index contributed by atoms with van der Waals surface area (Å²) in [5.41, 5.74) is 3.80. The molecule has 0 radical (unpaired) electrons. The van der Waals surface area contributed by atoms with Crippen molar-refractivity contribution in [3.63, 3.8) is 0 Å². The number of furan rings is 1. The van der Waals surface area contributed by atoms with Crippen molar-refractivity contribution in [1.29, 1.82) is 0 Å². The van der Waals surface area contributed by atoms with Gasteiger partial charge in [-0.15, -0.1) is 0 Å². The number of benzene rings is 1. The van der Waals surface area contributed by atoms with Gasteiger partial charge in [0, 0.05) is 11.8 Å². The van der Waals surface area contributed by atoms with Gasteiger partial charge in [-0.05, 0) is 31.4 Å². The minimum Gasteiger partial charge on any atom is -0.455 e. The maximum absolute atomic E-state index is 11.9. The monoisotopic (exact) mass is 334 g/mol. The van der Waals surface area contributed by atoms with E-state index in [1.54, 1.807) is 6.92 Å². The first-order valence-electron chi connectivity index (χ1n) is 7.45. The SMILES string of the molecule is C/C(=N/NC(=O)C[C@H]1CCS(=O)(=O)C1)c1cc2ccccc2o1. The fraction of sp³-hybridized carbons (Fsp3) is 0.375. The molecule has 1 N–H and O–H groups in total. The number of nitrogens with zero attached hydrogens (tertiary/aromatic N) is 1. The summed E-state index contributed by atoms with van der Waals surface area (Å²) in [5.74, 6) is 0.470. The van der Waals surface area contributed by atoms with Crippen LogP contribution in [0.1, 0.15) is 25.5 Å². The van der Waals surface area contributed by atoms with Crippen LogP contribution >= 0.6 is 0 Å². The van der Waals surface area contributed by atoms with E-state index in [4.69, 9.17) is 4.42 Å². The Labute approximate surface area is 134 Å². The zero-order chi connectivity index (χ0) is 16.4. The summed E-state index contributed by atoms with van der Waals surface area (Å²) in [7, 11) is -2.96. The average molecular weight is 334 g/mol. The highest BCUT2D eigenvalue weighted by Crippen LogP contribution is 2.21. The number of carbonyl (C=O) groups excluding carboxylic acids is 1. The van der Waals surface area contributed by atoms with Gasteiger partial charge in [-0.2, -0.15) is 5.10 Å². The number of nitrogens with one attached hydrogen (secondary N) is 1. The summed E-state index contributed by atoms with van der Waals surface area (Å²) in [6.07, 6.45) is 0.720. The summed E-state index contributed by atoms with van der Waals surface area (Å²) in [6.45, 7) is 1.75. The van der Waals surface area contributed by atoms with Gasteiger partial charge < -0.3 is 4.42 Å². The van der Waals surface area contributed by atoms with E-state index in [-0.39, 0.29) is 29.8 Å². The van der Waals surface area contributed by atoms with Crippen molar-refractivity contribution in [2.45, 2.75) is 19.8 Å². The summed E-state index contributed by atoms with van der Waals surface area (Å²) < 4.78 is 28.4. The van der Waals surface area contributed by atoms with Crippen molar-refractivity contribution in [3.8, 4) is 0 Å². The predicted molar refractivity (Wildman–Crippen MR) is 87.9 cm³/mol. The highest BCUT2D eigenvalue weighted by molar-refractivity contribution is 7.91. The molecule has 23 heavy (non-hydrogen) atoms. The van der Waals surface area contributed by atoms with Crippen LogP contribution in [0.5, 0.6) is 0 Å². The highest BCUT2D eigenvalue weighted by Gasteiger charge is 2.29. The maximum Gasteiger partial charge on any atom is 0.240 e. The minimum atomic E-state index is -2.96. The third-order valence-corrected chi connectivity index (χ3v) is 5.77. The number of sulfone groups is 1. The molecule has 1 saturated heterocycles. The smallest absolute Gasteiger partial charge is 0.240 e. The number of fused-ring (bicyclic) bond motifs is 1.